The largest absolute Gasteiger partial charge is 0.478 e. The Bertz CT molecular complexity index is 343. The molecular weight excluding hydrogens is 316 g/mol. The minimum atomic E-state index is -1.06. The van der Waals surface area contributed by atoms with Crippen LogP contribution in [-0.4, -0.2) is 16.1 Å². The summed E-state index contributed by atoms with van der Waals surface area (Å²) in [6.45, 7) is 0. The molecule has 3 nitrogen and oxygen atoms in total. The molecular formula is C6H2Cl2INO2. The van der Waals surface area contributed by atoms with Crippen LogP contribution in [0.2, 0.25) is 10.3 Å². The molecule has 1 aromatic heterocycles. The van der Waals surface area contributed by atoms with Gasteiger partial charge in [0, 0.05) is 0 Å². The maximum absolute atomic E-state index is 10.6. The zero-order valence-electron chi connectivity index (χ0n) is 5.51. The van der Waals surface area contributed by atoms with Crippen LogP contribution >= 0.6 is 45.8 Å². The second-order valence-corrected chi connectivity index (χ2v) is 3.73. The van der Waals surface area contributed by atoms with E-state index in [4.69, 9.17) is 28.3 Å². The topological polar surface area (TPSA) is 50.2 Å². The van der Waals surface area contributed by atoms with E-state index < -0.39 is 5.97 Å². The van der Waals surface area contributed by atoms with Gasteiger partial charge in [0.05, 0.1) is 9.13 Å². The normalized spacial score (nSPS) is 9.92. The monoisotopic (exact) mass is 317 g/mol. The van der Waals surface area contributed by atoms with Crippen molar-refractivity contribution in [3.05, 3.63) is 25.5 Å². The Balaban J connectivity index is 3.37. The van der Waals surface area contributed by atoms with Crippen LogP contribution in [0.25, 0.3) is 0 Å². The number of pyridine rings is 1. The standard InChI is InChI=1S/C6H2Cl2INO2/c7-3-1-2(6(11)12)4(9)5(8)10-3/h1H,(H,11,12). The van der Waals surface area contributed by atoms with E-state index in [0.717, 1.165) is 0 Å². The maximum atomic E-state index is 10.6. The predicted octanol–water partition coefficient (Wildman–Crippen LogP) is 2.69. The minimum absolute atomic E-state index is 0.0700. The van der Waals surface area contributed by atoms with Crippen molar-refractivity contribution in [2.75, 3.05) is 0 Å². The Morgan fingerprint density at radius 3 is 2.67 bits per heavy atom. The third-order valence-electron chi connectivity index (χ3n) is 1.12. The van der Waals surface area contributed by atoms with Crippen LogP contribution in [0.4, 0.5) is 0 Å². The van der Waals surface area contributed by atoms with Crippen LogP contribution in [0.1, 0.15) is 10.4 Å². The van der Waals surface area contributed by atoms with Gasteiger partial charge in [0.1, 0.15) is 10.3 Å². The van der Waals surface area contributed by atoms with Crippen LogP contribution in [0.3, 0.4) is 0 Å². The van der Waals surface area contributed by atoms with Gasteiger partial charge in [-0.2, -0.15) is 0 Å². The summed E-state index contributed by atoms with van der Waals surface area (Å²) in [5.41, 5.74) is 0.0700. The lowest BCUT2D eigenvalue weighted by atomic mass is 10.3. The van der Waals surface area contributed by atoms with Crippen molar-refractivity contribution in [3.8, 4) is 0 Å². The van der Waals surface area contributed by atoms with E-state index in [1.807, 2.05) is 0 Å². The third-order valence-corrected chi connectivity index (χ3v) is 2.99. The number of carbonyl (C=O) groups is 1. The molecule has 1 aromatic rings. The number of hydrogen-bond donors (Lipinski definition) is 1. The SMILES string of the molecule is O=C(O)c1cc(Cl)nc(Cl)c1I. The highest BCUT2D eigenvalue weighted by molar-refractivity contribution is 14.1. The van der Waals surface area contributed by atoms with Gasteiger partial charge < -0.3 is 5.11 Å². The van der Waals surface area contributed by atoms with Gasteiger partial charge in [-0.05, 0) is 28.7 Å². The second kappa shape index (κ2) is 3.76. The Kier molecular flexibility index (Phi) is 3.14. The zero-order valence-corrected chi connectivity index (χ0v) is 9.18. The summed E-state index contributed by atoms with van der Waals surface area (Å²) in [5.74, 6) is -1.06. The van der Waals surface area contributed by atoms with Crippen LogP contribution in [-0.2, 0) is 0 Å². The number of carboxylic acid groups (broad SMARTS) is 1. The summed E-state index contributed by atoms with van der Waals surface area (Å²) in [6, 6.07) is 1.26. The minimum Gasteiger partial charge on any atom is -0.478 e. The van der Waals surface area contributed by atoms with E-state index in [-0.39, 0.29) is 15.9 Å². The number of nitrogens with zero attached hydrogens (tertiary/aromatic N) is 1. The van der Waals surface area contributed by atoms with Gasteiger partial charge in [0.15, 0.2) is 0 Å². The first-order valence-electron chi connectivity index (χ1n) is 2.77. The van der Waals surface area contributed by atoms with Gasteiger partial charge in [-0.15, -0.1) is 0 Å². The van der Waals surface area contributed by atoms with Crippen molar-refractivity contribution >= 4 is 51.8 Å². The molecule has 0 spiro atoms. The molecule has 64 valence electrons. The molecule has 0 aliphatic carbocycles. The molecule has 1 N–H and O–H groups in total. The Hall–Kier alpha value is -0.0700. The van der Waals surface area contributed by atoms with Crippen molar-refractivity contribution < 1.29 is 9.90 Å². The molecule has 0 bridgehead atoms. The van der Waals surface area contributed by atoms with Crippen molar-refractivity contribution in [1.82, 2.24) is 4.98 Å². The maximum Gasteiger partial charge on any atom is 0.336 e. The lowest BCUT2D eigenvalue weighted by molar-refractivity contribution is 0.0695. The van der Waals surface area contributed by atoms with Crippen LogP contribution in [0, 0.1) is 3.57 Å². The molecule has 1 heterocycles. The van der Waals surface area contributed by atoms with E-state index >= 15 is 0 Å². The first-order chi connectivity index (χ1) is 5.52. The number of aromatic carboxylic acids is 1. The summed E-state index contributed by atoms with van der Waals surface area (Å²) in [5, 5.41) is 8.86. The van der Waals surface area contributed by atoms with E-state index in [1.54, 1.807) is 22.6 Å². The lowest BCUT2D eigenvalue weighted by Crippen LogP contribution is -2.01. The first kappa shape index (κ1) is 10.0. The van der Waals surface area contributed by atoms with E-state index in [9.17, 15) is 4.79 Å². The second-order valence-electron chi connectivity index (χ2n) is 1.90. The Morgan fingerprint density at radius 1 is 1.58 bits per heavy atom. The molecule has 0 radical (unpaired) electrons. The van der Waals surface area contributed by atoms with E-state index in [2.05, 4.69) is 4.98 Å². The van der Waals surface area contributed by atoms with Gasteiger partial charge in [0.25, 0.3) is 0 Å². The molecule has 0 saturated carbocycles. The first-order valence-corrected chi connectivity index (χ1v) is 4.60. The molecule has 0 atom stereocenters. The highest BCUT2D eigenvalue weighted by atomic mass is 127. The molecule has 6 heteroatoms. The fourth-order valence-electron chi connectivity index (χ4n) is 0.624. The molecule has 12 heavy (non-hydrogen) atoms. The number of aromatic nitrogens is 1. The number of halogens is 3. The fourth-order valence-corrected chi connectivity index (χ4v) is 1.56. The summed E-state index contributed by atoms with van der Waals surface area (Å²) in [7, 11) is 0. The third kappa shape index (κ3) is 1.99. The van der Waals surface area contributed by atoms with Crippen molar-refractivity contribution in [2.45, 2.75) is 0 Å². The average molecular weight is 318 g/mol. The molecule has 1 rings (SSSR count). The smallest absolute Gasteiger partial charge is 0.336 e. The molecule has 0 aromatic carbocycles. The Labute approximate surface area is 91.8 Å². The number of carboxylic acids is 1. The molecule has 0 aliphatic heterocycles. The van der Waals surface area contributed by atoms with Crippen molar-refractivity contribution in [2.24, 2.45) is 0 Å². The number of rotatable bonds is 1. The van der Waals surface area contributed by atoms with Crippen LogP contribution in [0.5, 0.6) is 0 Å². The summed E-state index contributed by atoms with van der Waals surface area (Å²) in [6.07, 6.45) is 0. The van der Waals surface area contributed by atoms with Crippen LogP contribution < -0.4 is 0 Å². The van der Waals surface area contributed by atoms with Crippen molar-refractivity contribution in [3.63, 3.8) is 0 Å². The van der Waals surface area contributed by atoms with Gasteiger partial charge in [-0.25, -0.2) is 9.78 Å². The van der Waals surface area contributed by atoms with Crippen LogP contribution in [0.15, 0.2) is 6.07 Å². The average Bonchev–Trinajstić information content (AvgIpc) is 1.96. The fraction of sp³-hybridized carbons (Fsp3) is 0. The number of hydrogen-bond acceptors (Lipinski definition) is 2. The molecule has 0 saturated heterocycles. The zero-order chi connectivity index (χ0) is 9.30. The quantitative estimate of drug-likeness (QED) is 0.640. The Morgan fingerprint density at radius 2 is 2.17 bits per heavy atom. The molecule has 0 amide bonds. The van der Waals surface area contributed by atoms with Crippen molar-refractivity contribution in [1.29, 1.82) is 0 Å². The molecule has 0 aliphatic rings. The van der Waals surface area contributed by atoms with E-state index in [1.165, 1.54) is 6.07 Å². The van der Waals surface area contributed by atoms with Gasteiger partial charge in [0.2, 0.25) is 0 Å². The predicted molar refractivity (Wildman–Crippen MR) is 53.9 cm³/mol. The van der Waals surface area contributed by atoms with Gasteiger partial charge >= 0.3 is 5.97 Å². The van der Waals surface area contributed by atoms with Gasteiger partial charge in [-0.1, -0.05) is 23.2 Å². The van der Waals surface area contributed by atoms with Gasteiger partial charge in [-0.3, -0.25) is 0 Å². The lowest BCUT2D eigenvalue weighted by Gasteiger charge is -2.00. The summed E-state index contributed by atoms with van der Waals surface area (Å²) in [4.78, 5) is 14.3. The van der Waals surface area contributed by atoms with E-state index in [0.29, 0.717) is 3.57 Å². The highest BCUT2D eigenvalue weighted by Gasteiger charge is 2.13. The molecule has 0 fully saturated rings. The summed E-state index contributed by atoms with van der Waals surface area (Å²) < 4.78 is 0.395. The molecule has 0 unspecified atom stereocenters. The summed E-state index contributed by atoms with van der Waals surface area (Å²) >= 11 is 12.9. The highest BCUT2D eigenvalue weighted by Crippen LogP contribution is 2.23.